The summed E-state index contributed by atoms with van der Waals surface area (Å²) in [7, 11) is 1.98. The van der Waals surface area contributed by atoms with Crippen molar-refractivity contribution in [1.82, 2.24) is 9.55 Å². The van der Waals surface area contributed by atoms with Crippen molar-refractivity contribution in [2.75, 3.05) is 0 Å². The summed E-state index contributed by atoms with van der Waals surface area (Å²) >= 11 is 0. The molecular weight excluding hydrogens is 216 g/mol. The minimum absolute atomic E-state index is 0.262. The first-order valence-corrected chi connectivity index (χ1v) is 5.48. The molecule has 4 nitrogen and oxygen atoms in total. The predicted molar refractivity (Wildman–Crippen MR) is 66.4 cm³/mol. The summed E-state index contributed by atoms with van der Waals surface area (Å²) in [6.45, 7) is 5.86. The standard InChI is InChI=1S/C13H16N2O2/c1-7-6-10(14-11(7)13(16)17)12-8(2)5-9(3)15(12)4/h5-6,14H,1-4H3,(H,16,17). The Balaban J connectivity index is 2.61. The van der Waals surface area contributed by atoms with E-state index in [1.165, 1.54) is 0 Å². The molecule has 2 aromatic rings. The first-order valence-electron chi connectivity index (χ1n) is 5.48. The molecule has 0 fully saturated rings. The molecule has 90 valence electrons. The Morgan fingerprint density at radius 2 is 1.88 bits per heavy atom. The van der Waals surface area contributed by atoms with Gasteiger partial charge in [-0.25, -0.2) is 4.79 Å². The molecule has 2 rings (SSSR count). The van der Waals surface area contributed by atoms with Crippen LogP contribution in [0.2, 0.25) is 0 Å². The van der Waals surface area contributed by atoms with Crippen LogP contribution in [0.15, 0.2) is 12.1 Å². The Bertz CT molecular complexity index is 591. The van der Waals surface area contributed by atoms with E-state index < -0.39 is 5.97 Å². The van der Waals surface area contributed by atoms with Gasteiger partial charge in [0.2, 0.25) is 0 Å². The van der Waals surface area contributed by atoms with Crippen LogP contribution in [0.5, 0.6) is 0 Å². The lowest BCUT2D eigenvalue weighted by Crippen LogP contribution is -1.99. The lowest BCUT2D eigenvalue weighted by molar-refractivity contribution is 0.0690. The molecule has 0 atom stereocenters. The molecular formula is C13H16N2O2. The number of aromatic amines is 1. The van der Waals surface area contributed by atoms with Crippen molar-refractivity contribution in [2.45, 2.75) is 20.8 Å². The van der Waals surface area contributed by atoms with E-state index in [0.717, 1.165) is 28.2 Å². The Hall–Kier alpha value is -1.97. The summed E-state index contributed by atoms with van der Waals surface area (Å²) in [6, 6.07) is 3.97. The number of carboxylic acid groups (broad SMARTS) is 1. The van der Waals surface area contributed by atoms with E-state index >= 15 is 0 Å². The van der Waals surface area contributed by atoms with E-state index in [-0.39, 0.29) is 5.69 Å². The van der Waals surface area contributed by atoms with Crippen LogP contribution in [0, 0.1) is 20.8 Å². The molecule has 0 unspecified atom stereocenters. The molecule has 2 heterocycles. The number of nitrogens with one attached hydrogen (secondary N) is 1. The summed E-state index contributed by atoms with van der Waals surface area (Å²) in [5, 5.41) is 9.03. The lowest BCUT2D eigenvalue weighted by atomic mass is 10.2. The number of carbonyl (C=O) groups is 1. The minimum Gasteiger partial charge on any atom is -0.477 e. The van der Waals surface area contributed by atoms with Gasteiger partial charge in [-0.15, -0.1) is 0 Å². The largest absolute Gasteiger partial charge is 0.477 e. The molecule has 0 saturated heterocycles. The first kappa shape index (κ1) is 11.5. The zero-order valence-electron chi connectivity index (χ0n) is 10.5. The van der Waals surface area contributed by atoms with Crippen molar-refractivity contribution in [3.05, 3.63) is 34.6 Å². The van der Waals surface area contributed by atoms with Crippen LogP contribution in [0.3, 0.4) is 0 Å². The second kappa shape index (κ2) is 3.80. The van der Waals surface area contributed by atoms with Crippen molar-refractivity contribution in [3.63, 3.8) is 0 Å². The molecule has 4 heteroatoms. The SMILES string of the molecule is Cc1cc(-c2c(C)cc(C)n2C)[nH]c1C(=O)O. The predicted octanol–water partition coefficient (Wildman–Crippen LogP) is 2.64. The summed E-state index contributed by atoms with van der Waals surface area (Å²) in [6.07, 6.45) is 0. The number of carboxylic acids is 1. The highest BCUT2D eigenvalue weighted by atomic mass is 16.4. The molecule has 0 saturated carbocycles. The van der Waals surface area contributed by atoms with Crippen LogP contribution in [0.4, 0.5) is 0 Å². The lowest BCUT2D eigenvalue weighted by Gasteiger charge is -2.04. The average Bonchev–Trinajstić information content (AvgIpc) is 2.70. The molecule has 0 aliphatic carbocycles. The van der Waals surface area contributed by atoms with E-state index in [4.69, 9.17) is 5.11 Å². The van der Waals surface area contributed by atoms with Gasteiger partial charge >= 0.3 is 5.97 Å². The van der Waals surface area contributed by atoms with Crippen LogP contribution < -0.4 is 0 Å². The van der Waals surface area contributed by atoms with Gasteiger partial charge in [-0.3, -0.25) is 0 Å². The maximum atomic E-state index is 11.0. The molecule has 0 radical (unpaired) electrons. The fourth-order valence-electron chi connectivity index (χ4n) is 2.22. The minimum atomic E-state index is -0.919. The van der Waals surface area contributed by atoms with E-state index in [2.05, 4.69) is 15.6 Å². The number of aromatic carboxylic acids is 1. The third kappa shape index (κ3) is 1.75. The fraction of sp³-hybridized carbons (Fsp3) is 0.308. The third-order valence-electron chi connectivity index (χ3n) is 3.15. The quantitative estimate of drug-likeness (QED) is 0.836. The Morgan fingerprint density at radius 3 is 2.29 bits per heavy atom. The third-order valence-corrected chi connectivity index (χ3v) is 3.15. The van der Waals surface area contributed by atoms with Crippen molar-refractivity contribution in [2.24, 2.45) is 7.05 Å². The maximum Gasteiger partial charge on any atom is 0.352 e. The first-order chi connectivity index (χ1) is 7.91. The smallest absolute Gasteiger partial charge is 0.352 e. The van der Waals surface area contributed by atoms with Gasteiger partial charge in [0.25, 0.3) is 0 Å². The molecule has 2 N–H and O–H groups in total. The molecule has 0 aliphatic heterocycles. The molecule has 0 aliphatic rings. The number of hydrogen-bond donors (Lipinski definition) is 2. The fourth-order valence-corrected chi connectivity index (χ4v) is 2.22. The number of aromatic nitrogens is 2. The van der Waals surface area contributed by atoms with Gasteiger partial charge in [0, 0.05) is 12.7 Å². The summed E-state index contributed by atoms with van der Waals surface area (Å²) in [5.41, 5.74) is 5.21. The highest BCUT2D eigenvalue weighted by molar-refractivity contribution is 5.88. The second-order valence-corrected chi connectivity index (χ2v) is 4.42. The van der Waals surface area contributed by atoms with Gasteiger partial charge in [-0.1, -0.05) is 0 Å². The monoisotopic (exact) mass is 232 g/mol. The van der Waals surface area contributed by atoms with Crippen molar-refractivity contribution < 1.29 is 9.90 Å². The molecule has 2 aromatic heterocycles. The zero-order valence-corrected chi connectivity index (χ0v) is 10.5. The number of nitrogens with zero attached hydrogens (tertiary/aromatic N) is 1. The summed E-state index contributed by atoms with van der Waals surface area (Å²) in [5.74, 6) is -0.919. The van der Waals surface area contributed by atoms with Crippen molar-refractivity contribution in [3.8, 4) is 11.4 Å². The summed E-state index contributed by atoms with van der Waals surface area (Å²) < 4.78 is 2.06. The molecule has 0 aromatic carbocycles. The maximum absolute atomic E-state index is 11.0. The van der Waals surface area contributed by atoms with Crippen LogP contribution in [0.1, 0.15) is 27.3 Å². The molecule has 0 amide bonds. The Kier molecular flexibility index (Phi) is 2.58. The normalized spacial score (nSPS) is 10.8. The Morgan fingerprint density at radius 1 is 1.24 bits per heavy atom. The number of H-pyrrole nitrogens is 1. The van der Waals surface area contributed by atoms with E-state index in [0.29, 0.717) is 0 Å². The average molecular weight is 232 g/mol. The number of aryl methyl sites for hydroxylation is 3. The molecule has 0 spiro atoms. The van der Waals surface area contributed by atoms with Crippen LogP contribution >= 0.6 is 0 Å². The van der Waals surface area contributed by atoms with E-state index in [1.807, 2.05) is 27.0 Å². The number of rotatable bonds is 2. The topological polar surface area (TPSA) is 58.0 Å². The number of hydrogen-bond acceptors (Lipinski definition) is 1. The van der Waals surface area contributed by atoms with Gasteiger partial charge < -0.3 is 14.7 Å². The van der Waals surface area contributed by atoms with E-state index in [9.17, 15) is 4.79 Å². The van der Waals surface area contributed by atoms with Crippen molar-refractivity contribution in [1.29, 1.82) is 0 Å². The van der Waals surface area contributed by atoms with Gasteiger partial charge in [0.1, 0.15) is 5.69 Å². The second-order valence-electron chi connectivity index (χ2n) is 4.42. The van der Waals surface area contributed by atoms with Crippen LogP contribution in [0.25, 0.3) is 11.4 Å². The zero-order chi connectivity index (χ0) is 12.7. The van der Waals surface area contributed by atoms with Gasteiger partial charge in [-0.2, -0.15) is 0 Å². The van der Waals surface area contributed by atoms with Gasteiger partial charge in [-0.05, 0) is 44.0 Å². The molecule has 17 heavy (non-hydrogen) atoms. The van der Waals surface area contributed by atoms with Crippen molar-refractivity contribution >= 4 is 5.97 Å². The highest BCUT2D eigenvalue weighted by Gasteiger charge is 2.16. The summed E-state index contributed by atoms with van der Waals surface area (Å²) in [4.78, 5) is 14.0. The molecule has 0 bridgehead atoms. The van der Waals surface area contributed by atoms with Crippen LogP contribution in [-0.4, -0.2) is 20.6 Å². The van der Waals surface area contributed by atoms with Crippen LogP contribution in [-0.2, 0) is 7.05 Å². The Labute approximate surface area is 99.9 Å². The van der Waals surface area contributed by atoms with Gasteiger partial charge in [0.05, 0.1) is 11.4 Å². The van der Waals surface area contributed by atoms with Gasteiger partial charge in [0.15, 0.2) is 0 Å². The van der Waals surface area contributed by atoms with E-state index in [1.54, 1.807) is 6.92 Å². The highest BCUT2D eigenvalue weighted by Crippen LogP contribution is 2.27.